The second kappa shape index (κ2) is 5.83. The summed E-state index contributed by atoms with van der Waals surface area (Å²) in [6.45, 7) is 2.25. The fraction of sp³-hybridized carbons (Fsp3) is 0.294. The first-order valence-corrected chi connectivity index (χ1v) is 8.76. The average Bonchev–Trinajstić information content (AvgIpc) is 2.91. The van der Waals surface area contributed by atoms with Gasteiger partial charge in [0.25, 0.3) is 0 Å². The van der Waals surface area contributed by atoms with Crippen molar-refractivity contribution in [2.45, 2.75) is 30.4 Å². The fourth-order valence-corrected chi connectivity index (χ4v) is 4.56. The number of benzene rings is 2. The van der Waals surface area contributed by atoms with E-state index in [-0.39, 0.29) is 4.90 Å². The molecule has 5 heteroatoms. The average molecular weight is 317 g/mol. The van der Waals surface area contributed by atoms with E-state index in [0.29, 0.717) is 13.0 Å². The number of hydrogen-bond donors (Lipinski definition) is 1. The molecule has 0 aliphatic carbocycles. The number of hydrogen-bond acceptors (Lipinski definition) is 3. The van der Waals surface area contributed by atoms with Crippen molar-refractivity contribution in [3.63, 3.8) is 0 Å². The van der Waals surface area contributed by atoms with Gasteiger partial charge in [0.2, 0.25) is 10.0 Å². The summed E-state index contributed by atoms with van der Waals surface area (Å²) in [4.78, 5) is 0.271. The summed E-state index contributed by atoms with van der Waals surface area (Å²) < 4.78 is 27.2. The smallest absolute Gasteiger partial charge is 0.243 e. The summed E-state index contributed by atoms with van der Waals surface area (Å²) in [6, 6.07) is 15.6. The lowest BCUT2D eigenvalue weighted by Gasteiger charge is -2.26. The van der Waals surface area contributed by atoms with Crippen molar-refractivity contribution >= 4 is 10.0 Å². The Morgan fingerprint density at radius 3 is 2.32 bits per heavy atom. The van der Waals surface area contributed by atoms with Crippen LogP contribution in [-0.2, 0) is 10.0 Å². The standard InChI is InChI=1S/C17H19NO3S/c1-13-7-9-15(10-8-13)22(20,21)18-12-11-16(19)17(18)14-5-3-2-4-6-14/h2-10,16-17,19H,11-12H2,1H3/t16-,17-/m1/s1. The van der Waals surface area contributed by atoms with Crippen LogP contribution < -0.4 is 0 Å². The fourth-order valence-electron chi connectivity index (χ4n) is 2.90. The van der Waals surface area contributed by atoms with E-state index in [9.17, 15) is 13.5 Å². The summed E-state index contributed by atoms with van der Waals surface area (Å²) in [5, 5.41) is 10.3. The van der Waals surface area contributed by atoms with Gasteiger partial charge in [-0.15, -0.1) is 0 Å². The van der Waals surface area contributed by atoms with Crippen molar-refractivity contribution in [1.29, 1.82) is 0 Å². The highest BCUT2D eigenvalue weighted by molar-refractivity contribution is 7.89. The zero-order chi connectivity index (χ0) is 15.7. The lowest BCUT2D eigenvalue weighted by atomic mass is 10.0. The van der Waals surface area contributed by atoms with E-state index in [2.05, 4.69) is 0 Å². The molecular weight excluding hydrogens is 298 g/mol. The molecular formula is C17H19NO3S. The third-order valence-electron chi connectivity index (χ3n) is 4.09. The Kier molecular flexibility index (Phi) is 4.04. The Morgan fingerprint density at radius 2 is 1.68 bits per heavy atom. The summed E-state index contributed by atoms with van der Waals surface area (Å²) in [7, 11) is -3.61. The topological polar surface area (TPSA) is 57.6 Å². The van der Waals surface area contributed by atoms with E-state index in [1.54, 1.807) is 24.3 Å². The minimum absolute atomic E-state index is 0.271. The highest BCUT2D eigenvalue weighted by atomic mass is 32.2. The maximum atomic E-state index is 12.9. The number of aliphatic hydroxyl groups is 1. The lowest BCUT2D eigenvalue weighted by molar-refractivity contribution is 0.143. The van der Waals surface area contributed by atoms with Crippen LogP contribution in [0.4, 0.5) is 0 Å². The molecule has 1 fully saturated rings. The van der Waals surface area contributed by atoms with Crippen LogP contribution in [0.1, 0.15) is 23.6 Å². The Balaban J connectivity index is 2.00. The first kappa shape index (κ1) is 15.2. The van der Waals surface area contributed by atoms with E-state index < -0.39 is 22.2 Å². The molecule has 0 radical (unpaired) electrons. The number of rotatable bonds is 3. The van der Waals surface area contributed by atoms with Gasteiger partial charge in [0, 0.05) is 6.54 Å². The van der Waals surface area contributed by atoms with Crippen LogP contribution in [0, 0.1) is 6.92 Å². The number of sulfonamides is 1. The molecule has 0 aromatic heterocycles. The van der Waals surface area contributed by atoms with E-state index in [0.717, 1.165) is 11.1 Å². The predicted octanol–water partition coefficient (Wildman–Crippen LogP) is 2.49. The highest BCUT2D eigenvalue weighted by Gasteiger charge is 2.41. The molecule has 0 saturated carbocycles. The van der Waals surface area contributed by atoms with Crippen molar-refractivity contribution in [3.05, 3.63) is 65.7 Å². The molecule has 0 bridgehead atoms. The van der Waals surface area contributed by atoms with E-state index in [1.165, 1.54) is 4.31 Å². The van der Waals surface area contributed by atoms with Gasteiger partial charge in [-0.1, -0.05) is 48.0 Å². The summed E-state index contributed by atoms with van der Waals surface area (Å²) in [5.41, 5.74) is 1.84. The largest absolute Gasteiger partial charge is 0.391 e. The molecule has 116 valence electrons. The molecule has 22 heavy (non-hydrogen) atoms. The number of aryl methyl sites for hydroxylation is 1. The van der Waals surface area contributed by atoms with Gasteiger partial charge >= 0.3 is 0 Å². The molecule has 0 unspecified atom stereocenters. The second-order valence-corrected chi connectivity index (χ2v) is 7.53. The van der Waals surface area contributed by atoms with Crippen LogP contribution in [0.3, 0.4) is 0 Å². The minimum Gasteiger partial charge on any atom is -0.391 e. The minimum atomic E-state index is -3.61. The highest BCUT2D eigenvalue weighted by Crippen LogP contribution is 2.36. The zero-order valence-electron chi connectivity index (χ0n) is 12.4. The first-order valence-electron chi connectivity index (χ1n) is 7.31. The van der Waals surface area contributed by atoms with Crippen molar-refractivity contribution in [2.75, 3.05) is 6.54 Å². The molecule has 2 atom stereocenters. The van der Waals surface area contributed by atoms with Crippen LogP contribution in [0.2, 0.25) is 0 Å². The summed E-state index contributed by atoms with van der Waals surface area (Å²) in [5.74, 6) is 0. The third kappa shape index (κ3) is 2.67. The summed E-state index contributed by atoms with van der Waals surface area (Å²) >= 11 is 0. The van der Waals surface area contributed by atoms with Gasteiger partial charge in [-0.2, -0.15) is 4.31 Å². The lowest BCUT2D eigenvalue weighted by Crippen LogP contribution is -2.33. The maximum absolute atomic E-state index is 12.9. The number of aliphatic hydroxyl groups excluding tert-OH is 1. The molecule has 0 spiro atoms. The number of nitrogens with zero attached hydrogens (tertiary/aromatic N) is 1. The van der Waals surface area contributed by atoms with Crippen molar-refractivity contribution < 1.29 is 13.5 Å². The van der Waals surface area contributed by atoms with Gasteiger partial charge in [0.1, 0.15) is 0 Å². The van der Waals surface area contributed by atoms with E-state index in [1.807, 2.05) is 37.3 Å². The molecule has 1 N–H and O–H groups in total. The Bertz CT molecular complexity index is 741. The molecule has 2 aromatic rings. The molecule has 0 amide bonds. The molecule has 2 aromatic carbocycles. The Hall–Kier alpha value is -1.69. The zero-order valence-corrected chi connectivity index (χ0v) is 13.2. The quantitative estimate of drug-likeness (QED) is 0.946. The van der Waals surface area contributed by atoms with E-state index in [4.69, 9.17) is 0 Å². The summed E-state index contributed by atoms with van der Waals surface area (Å²) in [6.07, 6.45) is -0.229. The maximum Gasteiger partial charge on any atom is 0.243 e. The van der Waals surface area contributed by atoms with E-state index >= 15 is 0 Å². The SMILES string of the molecule is Cc1ccc(S(=O)(=O)N2CC[C@@H](O)[C@H]2c2ccccc2)cc1. The first-order chi connectivity index (χ1) is 10.5. The van der Waals surface area contributed by atoms with Gasteiger partial charge in [-0.3, -0.25) is 0 Å². The molecule has 4 nitrogen and oxygen atoms in total. The van der Waals surface area contributed by atoms with Crippen molar-refractivity contribution in [1.82, 2.24) is 4.31 Å². The van der Waals surface area contributed by atoms with Gasteiger partial charge in [0.05, 0.1) is 17.0 Å². The van der Waals surface area contributed by atoms with Crippen LogP contribution in [0.5, 0.6) is 0 Å². The van der Waals surface area contributed by atoms with Crippen molar-refractivity contribution in [3.8, 4) is 0 Å². The van der Waals surface area contributed by atoms with Gasteiger partial charge in [0.15, 0.2) is 0 Å². The molecule has 3 rings (SSSR count). The van der Waals surface area contributed by atoms with Crippen LogP contribution in [-0.4, -0.2) is 30.5 Å². The van der Waals surface area contributed by atoms with Crippen LogP contribution in [0.25, 0.3) is 0 Å². The molecule has 1 saturated heterocycles. The Morgan fingerprint density at radius 1 is 1.05 bits per heavy atom. The molecule has 1 heterocycles. The third-order valence-corrected chi connectivity index (χ3v) is 5.98. The monoisotopic (exact) mass is 317 g/mol. The van der Waals surface area contributed by atoms with Gasteiger partial charge in [-0.05, 0) is 31.0 Å². The Labute approximate surface area is 131 Å². The normalized spacial score (nSPS) is 22.8. The second-order valence-electron chi connectivity index (χ2n) is 5.64. The van der Waals surface area contributed by atoms with Gasteiger partial charge < -0.3 is 5.11 Å². The van der Waals surface area contributed by atoms with Crippen molar-refractivity contribution in [2.24, 2.45) is 0 Å². The van der Waals surface area contributed by atoms with Crippen LogP contribution >= 0.6 is 0 Å². The van der Waals surface area contributed by atoms with Crippen LogP contribution in [0.15, 0.2) is 59.5 Å². The molecule has 1 aliphatic rings. The predicted molar refractivity (Wildman–Crippen MR) is 84.9 cm³/mol. The van der Waals surface area contributed by atoms with Gasteiger partial charge in [-0.25, -0.2) is 8.42 Å². The molecule has 1 aliphatic heterocycles.